The van der Waals surface area contributed by atoms with Crippen LogP contribution in [-0.4, -0.2) is 53.1 Å². The number of amides is 1. The van der Waals surface area contributed by atoms with Gasteiger partial charge in [-0.25, -0.2) is 0 Å². The Labute approximate surface area is 151 Å². The Kier molecular flexibility index (Phi) is 6.13. The SMILES string of the molecule is CCC1(CO)CCN(C(=O)C2CCCCN2Cc2ccccc2)CC1. The van der Waals surface area contributed by atoms with E-state index in [0.29, 0.717) is 5.91 Å². The van der Waals surface area contributed by atoms with E-state index in [-0.39, 0.29) is 18.1 Å². The summed E-state index contributed by atoms with van der Waals surface area (Å²) in [4.78, 5) is 17.6. The monoisotopic (exact) mass is 344 g/mol. The second kappa shape index (κ2) is 8.33. The lowest BCUT2D eigenvalue weighted by Crippen LogP contribution is -2.53. The Balaban J connectivity index is 1.63. The van der Waals surface area contributed by atoms with E-state index in [1.807, 2.05) is 6.07 Å². The first-order valence-electron chi connectivity index (χ1n) is 9.85. The number of nitrogens with zero attached hydrogens (tertiary/aromatic N) is 2. The highest BCUT2D eigenvalue weighted by Gasteiger charge is 2.37. The Morgan fingerprint density at radius 2 is 1.88 bits per heavy atom. The van der Waals surface area contributed by atoms with Crippen molar-refractivity contribution >= 4 is 5.91 Å². The average Bonchev–Trinajstić information content (AvgIpc) is 2.69. The Bertz CT molecular complexity index is 546. The maximum atomic E-state index is 13.2. The molecule has 1 amide bonds. The first-order chi connectivity index (χ1) is 12.2. The second-order valence-corrected chi connectivity index (χ2v) is 7.80. The normalized spacial score (nSPS) is 24.2. The largest absolute Gasteiger partial charge is 0.396 e. The van der Waals surface area contributed by atoms with Gasteiger partial charge in [0, 0.05) is 26.2 Å². The molecule has 0 spiro atoms. The zero-order valence-corrected chi connectivity index (χ0v) is 15.5. The van der Waals surface area contributed by atoms with Crippen LogP contribution < -0.4 is 0 Å². The van der Waals surface area contributed by atoms with E-state index in [1.165, 1.54) is 12.0 Å². The highest BCUT2D eigenvalue weighted by Crippen LogP contribution is 2.35. The van der Waals surface area contributed by atoms with E-state index in [0.717, 1.165) is 58.3 Å². The predicted molar refractivity (Wildman–Crippen MR) is 100 cm³/mol. The quantitative estimate of drug-likeness (QED) is 0.893. The molecule has 1 aromatic rings. The molecule has 1 unspecified atom stereocenters. The third-order valence-corrected chi connectivity index (χ3v) is 6.35. The van der Waals surface area contributed by atoms with Crippen LogP contribution in [0.15, 0.2) is 30.3 Å². The van der Waals surface area contributed by atoms with Crippen molar-refractivity contribution < 1.29 is 9.90 Å². The molecule has 25 heavy (non-hydrogen) atoms. The fraction of sp³-hybridized carbons (Fsp3) is 0.667. The molecule has 1 aromatic carbocycles. The molecular weight excluding hydrogens is 312 g/mol. The molecule has 3 rings (SSSR count). The molecule has 2 aliphatic rings. The Morgan fingerprint density at radius 3 is 2.52 bits per heavy atom. The summed E-state index contributed by atoms with van der Waals surface area (Å²) in [5, 5.41) is 9.71. The van der Waals surface area contributed by atoms with E-state index < -0.39 is 0 Å². The molecule has 138 valence electrons. The molecule has 0 bridgehead atoms. The van der Waals surface area contributed by atoms with Crippen molar-refractivity contribution in [2.24, 2.45) is 5.41 Å². The van der Waals surface area contributed by atoms with Crippen LogP contribution in [0.2, 0.25) is 0 Å². The molecule has 4 nitrogen and oxygen atoms in total. The molecule has 0 aromatic heterocycles. The van der Waals surface area contributed by atoms with Gasteiger partial charge < -0.3 is 10.0 Å². The number of benzene rings is 1. The van der Waals surface area contributed by atoms with Gasteiger partial charge in [0.15, 0.2) is 0 Å². The van der Waals surface area contributed by atoms with Crippen LogP contribution in [0.5, 0.6) is 0 Å². The number of aliphatic hydroxyl groups excluding tert-OH is 1. The maximum Gasteiger partial charge on any atom is 0.239 e. The lowest BCUT2D eigenvalue weighted by atomic mass is 9.77. The van der Waals surface area contributed by atoms with Crippen molar-refractivity contribution in [3.8, 4) is 0 Å². The Hall–Kier alpha value is -1.39. The van der Waals surface area contributed by atoms with Crippen LogP contribution in [0, 0.1) is 5.41 Å². The number of aliphatic hydroxyl groups is 1. The summed E-state index contributed by atoms with van der Waals surface area (Å²) < 4.78 is 0. The molecule has 4 heteroatoms. The highest BCUT2D eigenvalue weighted by atomic mass is 16.3. The molecule has 1 atom stereocenters. The van der Waals surface area contributed by atoms with E-state index in [2.05, 4.69) is 41.0 Å². The van der Waals surface area contributed by atoms with E-state index >= 15 is 0 Å². The zero-order chi connectivity index (χ0) is 17.7. The van der Waals surface area contributed by atoms with E-state index in [9.17, 15) is 9.90 Å². The summed E-state index contributed by atoms with van der Waals surface area (Å²) in [7, 11) is 0. The van der Waals surface area contributed by atoms with Crippen molar-refractivity contribution in [2.75, 3.05) is 26.2 Å². The fourth-order valence-electron chi connectivity index (χ4n) is 4.31. The number of piperidine rings is 2. The number of rotatable bonds is 5. The van der Waals surface area contributed by atoms with Gasteiger partial charge in [0.2, 0.25) is 5.91 Å². The molecular formula is C21H32N2O2. The number of hydrogen-bond acceptors (Lipinski definition) is 3. The van der Waals surface area contributed by atoms with Gasteiger partial charge in [0.1, 0.15) is 0 Å². The van der Waals surface area contributed by atoms with Gasteiger partial charge in [0.25, 0.3) is 0 Å². The Morgan fingerprint density at radius 1 is 1.16 bits per heavy atom. The summed E-state index contributed by atoms with van der Waals surface area (Å²) in [6.07, 6.45) is 6.15. The van der Waals surface area contributed by atoms with Crippen LogP contribution in [0.25, 0.3) is 0 Å². The van der Waals surface area contributed by atoms with E-state index in [4.69, 9.17) is 0 Å². The third-order valence-electron chi connectivity index (χ3n) is 6.35. The van der Waals surface area contributed by atoms with Gasteiger partial charge in [-0.3, -0.25) is 9.69 Å². The smallest absolute Gasteiger partial charge is 0.239 e. The third kappa shape index (κ3) is 4.24. The van der Waals surface area contributed by atoms with Gasteiger partial charge in [-0.15, -0.1) is 0 Å². The standard InChI is InChI=1S/C21H32N2O2/c1-2-21(17-24)11-14-22(15-12-21)20(25)19-10-6-7-13-23(19)16-18-8-4-3-5-9-18/h3-5,8-9,19,24H,2,6-7,10-17H2,1H3. The predicted octanol–water partition coefficient (Wildman–Crippen LogP) is 3.05. The van der Waals surface area contributed by atoms with Crippen LogP contribution >= 0.6 is 0 Å². The molecule has 2 heterocycles. The van der Waals surface area contributed by atoms with Crippen LogP contribution in [0.3, 0.4) is 0 Å². The lowest BCUT2D eigenvalue weighted by Gasteiger charge is -2.43. The summed E-state index contributed by atoms with van der Waals surface area (Å²) >= 11 is 0. The zero-order valence-electron chi connectivity index (χ0n) is 15.5. The molecule has 0 radical (unpaired) electrons. The molecule has 2 saturated heterocycles. The summed E-state index contributed by atoms with van der Waals surface area (Å²) in [6, 6.07) is 10.5. The van der Waals surface area contributed by atoms with Crippen molar-refractivity contribution in [1.82, 2.24) is 9.80 Å². The molecule has 1 N–H and O–H groups in total. The summed E-state index contributed by atoms with van der Waals surface area (Å²) in [5.74, 6) is 0.304. The first-order valence-corrected chi connectivity index (χ1v) is 9.85. The van der Waals surface area contributed by atoms with Crippen LogP contribution in [0.4, 0.5) is 0 Å². The molecule has 2 fully saturated rings. The van der Waals surface area contributed by atoms with Gasteiger partial charge in [-0.05, 0) is 49.6 Å². The molecule has 0 saturated carbocycles. The first kappa shape index (κ1) is 18.4. The van der Waals surface area contributed by atoms with Crippen molar-refractivity contribution in [1.29, 1.82) is 0 Å². The van der Waals surface area contributed by atoms with Crippen molar-refractivity contribution in [2.45, 2.75) is 58.0 Å². The van der Waals surface area contributed by atoms with Gasteiger partial charge in [0.05, 0.1) is 6.04 Å². The van der Waals surface area contributed by atoms with Crippen molar-refractivity contribution in [3.05, 3.63) is 35.9 Å². The fourth-order valence-corrected chi connectivity index (χ4v) is 4.31. The lowest BCUT2D eigenvalue weighted by molar-refractivity contribution is -0.141. The molecule has 2 aliphatic heterocycles. The van der Waals surface area contributed by atoms with E-state index in [1.54, 1.807) is 0 Å². The number of carbonyl (C=O) groups excluding carboxylic acids is 1. The number of hydrogen-bond donors (Lipinski definition) is 1. The average molecular weight is 344 g/mol. The second-order valence-electron chi connectivity index (χ2n) is 7.80. The highest BCUT2D eigenvalue weighted by molar-refractivity contribution is 5.82. The summed E-state index contributed by atoms with van der Waals surface area (Å²) in [6.45, 7) is 5.85. The summed E-state index contributed by atoms with van der Waals surface area (Å²) in [5.41, 5.74) is 1.32. The number of likely N-dealkylation sites (tertiary alicyclic amines) is 2. The van der Waals surface area contributed by atoms with Gasteiger partial charge in [-0.1, -0.05) is 43.7 Å². The van der Waals surface area contributed by atoms with Crippen molar-refractivity contribution in [3.63, 3.8) is 0 Å². The van der Waals surface area contributed by atoms with Gasteiger partial charge in [-0.2, -0.15) is 0 Å². The number of carbonyl (C=O) groups is 1. The minimum absolute atomic E-state index is 0.0252. The minimum Gasteiger partial charge on any atom is -0.396 e. The molecule has 0 aliphatic carbocycles. The maximum absolute atomic E-state index is 13.2. The minimum atomic E-state index is 0.0252. The topological polar surface area (TPSA) is 43.8 Å². The van der Waals surface area contributed by atoms with Gasteiger partial charge >= 0.3 is 0 Å². The van der Waals surface area contributed by atoms with Crippen LogP contribution in [0.1, 0.15) is 51.0 Å². The van der Waals surface area contributed by atoms with Crippen LogP contribution in [-0.2, 0) is 11.3 Å².